The van der Waals surface area contributed by atoms with E-state index in [2.05, 4.69) is 19.1 Å². The molecule has 20 heavy (non-hydrogen) atoms. The Morgan fingerprint density at radius 2 is 2.05 bits per heavy atom. The summed E-state index contributed by atoms with van der Waals surface area (Å²) in [6, 6.07) is 6.28. The Kier molecular flexibility index (Phi) is 4.29. The van der Waals surface area contributed by atoms with Crippen molar-refractivity contribution in [2.45, 2.75) is 27.2 Å². The molecular formula is C16H20N2O2. The van der Waals surface area contributed by atoms with Crippen LogP contribution in [0.15, 0.2) is 12.1 Å². The molecule has 0 bridgehead atoms. The molecule has 1 fully saturated rings. The van der Waals surface area contributed by atoms with Crippen molar-refractivity contribution in [3.8, 4) is 11.8 Å². The van der Waals surface area contributed by atoms with E-state index in [1.807, 2.05) is 19.9 Å². The molecule has 1 aliphatic rings. The van der Waals surface area contributed by atoms with Gasteiger partial charge in [-0.2, -0.15) is 5.26 Å². The van der Waals surface area contributed by atoms with Gasteiger partial charge in [0.1, 0.15) is 12.4 Å². The van der Waals surface area contributed by atoms with E-state index in [4.69, 9.17) is 10.00 Å². The van der Waals surface area contributed by atoms with Gasteiger partial charge in [-0.3, -0.25) is 4.79 Å². The van der Waals surface area contributed by atoms with Crippen LogP contribution in [0.2, 0.25) is 0 Å². The second kappa shape index (κ2) is 5.96. The van der Waals surface area contributed by atoms with Crippen LogP contribution in [-0.4, -0.2) is 30.5 Å². The summed E-state index contributed by atoms with van der Waals surface area (Å²) in [6.07, 6.45) is 0.346. The lowest BCUT2D eigenvalue weighted by molar-refractivity contribution is -0.128. The third kappa shape index (κ3) is 2.93. The fourth-order valence-electron chi connectivity index (χ4n) is 2.48. The minimum atomic E-state index is -0.162. The maximum atomic E-state index is 11.7. The van der Waals surface area contributed by atoms with E-state index in [1.165, 1.54) is 5.56 Å². The highest BCUT2D eigenvalue weighted by molar-refractivity contribution is 5.79. The molecule has 1 amide bonds. The lowest BCUT2D eigenvalue weighted by Gasteiger charge is -2.18. The number of nitriles is 1. The molecule has 4 heteroatoms. The molecule has 4 nitrogen and oxygen atoms in total. The van der Waals surface area contributed by atoms with Crippen molar-refractivity contribution in [2.75, 3.05) is 19.7 Å². The lowest BCUT2D eigenvalue weighted by Crippen LogP contribution is -2.30. The summed E-state index contributed by atoms with van der Waals surface area (Å²) in [5.74, 6) is 0.802. The van der Waals surface area contributed by atoms with Crippen molar-refractivity contribution >= 4 is 5.91 Å². The fraction of sp³-hybridized carbons (Fsp3) is 0.500. The number of ether oxygens (including phenoxy) is 1. The van der Waals surface area contributed by atoms with Crippen molar-refractivity contribution in [2.24, 2.45) is 5.92 Å². The molecule has 0 aromatic heterocycles. The predicted octanol–water partition coefficient (Wildman–Crippen LogP) is 2.36. The van der Waals surface area contributed by atoms with Gasteiger partial charge in [-0.15, -0.1) is 0 Å². The number of rotatable bonds is 4. The topological polar surface area (TPSA) is 53.3 Å². The van der Waals surface area contributed by atoms with Gasteiger partial charge in [0.15, 0.2) is 0 Å². The summed E-state index contributed by atoms with van der Waals surface area (Å²) in [6.45, 7) is 7.67. The highest BCUT2D eigenvalue weighted by Gasteiger charge is 2.29. The van der Waals surface area contributed by atoms with Crippen LogP contribution in [-0.2, 0) is 4.79 Å². The number of carbonyl (C=O) groups is 1. The van der Waals surface area contributed by atoms with Crippen molar-refractivity contribution in [1.82, 2.24) is 4.90 Å². The minimum Gasteiger partial charge on any atom is -0.491 e. The highest BCUT2D eigenvalue weighted by atomic mass is 16.5. The molecule has 1 aliphatic heterocycles. The van der Waals surface area contributed by atoms with E-state index < -0.39 is 0 Å². The van der Waals surface area contributed by atoms with E-state index in [1.54, 1.807) is 4.90 Å². The number of nitrogens with zero attached hydrogens (tertiary/aromatic N) is 2. The van der Waals surface area contributed by atoms with Gasteiger partial charge >= 0.3 is 0 Å². The number of benzene rings is 1. The fourth-order valence-corrected chi connectivity index (χ4v) is 2.48. The number of amides is 1. The zero-order chi connectivity index (χ0) is 14.7. The minimum absolute atomic E-state index is 0.0536. The molecule has 0 spiro atoms. The first kappa shape index (κ1) is 14.4. The van der Waals surface area contributed by atoms with Gasteiger partial charge < -0.3 is 9.64 Å². The molecule has 1 aromatic rings. The Morgan fingerprint density at radius 1 is 1.35 bits per heavy atom. The van der Waals surface area contributed by atoms with Crippen LogP contribution in [0.5, 0.6) is 5.75 Å². The maximum Gasteiger partial charge on any atom is 0.224 e. The summed E-state index contributed by atoms with van der Waals surface area (Å²) in [5.41, 5.74) is 3.45. The predicted molar refractivity (Wildman–Crippen MR) is 76.4 cm³/mol. The Balaban J connectivity index is 1.93. The van der Waals surface area contributed by atoms with Crippen LogP contribution >= 0.6 is 0 Å². The normalized spacial score (nSPS) is 18.2. The summed E-state index contributed by atoms with van der Waals surface area (Å²) in [5, 5.41) is 8.85. The lowest BCUT2D eigenvalue weighted by atomic mass is 10.1. The molecule has 1 atom stereocenters. The molecular weight excluding hydrogens is 252 g/mol. The van der Waals surface area contributed by atoms with E-state index in [9.17, 15) is 4.79 Å². The first-order valence-electron chi connectivity index (χ1n) is 6.90. The standard InChI is InChI=1S/C16H20N2O2/c1-11-4-5-12(2)16(13(11)3)20-7-6-18-10-14(9-17)8-15(18)19/h4-5,14H,6-8,10H2,1-3H3. The van der Waals surface area contributed by atoms with Gasteiger partial charge in [0, 0.05) is 13.0 Å². The van der Waals surface area contributed by atoms with Crippen LogP contribution in [0, 0.1) is 38.0 Å². The molecule has 1 heterocycles. The average molecular weight is 272 g/mol. The third-order valence-corrected chi connectivity index (χ3v) is 3.88. The zero-order valence-electron chi connectivity index (χ0n) is 12.3. The number of hydrogen-bond donors (Lipinski definition) is 0. The van der Waals surface area contributed by atoms with E-state index in [0.29, 0.717) is 26.1 Å². The third-order valence-electron chi connectivity index (χ3n) is 3.88. The van der Waals surface area contributed by atoms with Gasteiger partial charge in [0.2, 0.25) is 5.91 Å². The van der Waals surface area contributed by atoms with Gasteiger partial charge in [-0.25, -0.2) is 0 Å². The van der Waals surface area contributed by atoms with Crippen LogP contribution in [0.4, 0.5) is 0 Å². The van der Waals surface area contributed by atoms with Crippen molar-refractivity contribution in [3.63, 3.8) is 0 Å². The van der Waals surface area contributed by atoms with E-state index in [-0.39, 0.29) is 11.8 Å². The Labute approximate surface area is 120 Å². The molecule has 2 rings (SSSR count). The number of likely N-dealkylation sites (tertiary alicyclic amines) is 1. The maximum absolute atomic E-state index is 11.7. The average Bonchev–Trinajstić information content (AvgIpc) is 2.79. The molecule has 0 saturated carbocycles. The molecule has 1 aromatic carbocycles. The largest absolute Gasteiger partial charge is 0.491 e. The Bertz CT molecular complexity index is 560. The SMILES string of the molecule is Cc1ccc(C)c(OCCN2CC(C#N)CC2=O)c1C. The summed E-state index contributed by atoms with van der Waals surface area (Å²) >= 11 is 0. The van der Waals surface area contributed by atoms with Gasteiger partial charge in [0.05, 0.1) is 18.5 Å². The quantitative estimate of drug-likeness (QED) is 0.845. The summed E-state index contributed by atoms with van der Waals surface area (Å²) in [4.78, 5) is 13.4. The molecule has 106 valence electrons. The van der Waals surface area contributed by atoms with Gasteiger partial charge in [0.25, 0.3) is 0 Å². The first-order chi connectivity index (χ1) is 9.52. The second-order valence-electron chi connectivity index (χ2n) is 5.37. The van der Waals surface area contributed by atoms with Crippen molar-refractivity contribution in [3.05, 3.63) is 28.8 Å². The molecule has 0 aliphatic carbocycles. The van der Waals surface area contributed by atoms with Crippen LogP contribution < -0.4 is 4.74 Å². The molecule has 0 N–H and O–H groups in total. The summed E-state index contributed by atoms with van der Waals surface area (Å²) < 4.78 is 5.85. The summed E-state index contributed by atoms with van der Waals surface area (Å²) in [7, 11) is 0. The molecule has 0 radical (unpaired) electrons. The van der Waals surface area contributed by atoms with Crippen LogP contribution in [0.1, 0.15) is 23.1 Å². The second-order valence-corrected chi connectivity index (χ2v) is 5.37. The molecule has 1 saturated heterocycles. The van der Waals surface area contributed by atoms with E-state index >= 15 is 0 Å². The number of carbonyl (C=O) groups excluding carboxylic acids is 1. The highest BCUT2D eigenvalue weighted by Crippen LogP contribution is 2.25. The van der Waals surface area contributed by atoms with E-state index in [0.717, 1.165) is 16.9 Å². The van der Waals surface area contributed by atoms with Crippen molar-refractivity contribution < 1.29 is 9.53 Å². The van der Waals surface area contributed by atoms with Crippen LogP contribution in [0.25, 0.3) is 0 Å². The van der Waals surface area contributed by atoms with Gasteiger partial charge in [-0.05, 0) is 37.5 Å². The monoisotopic (exact) mass is 272 g/mol. The Hall–Kier alpha value is -2.02. The van der Waals surface area contributed by atoms with Gasteiger partial charge in [-0.1, -0.05) is 12.1 Å². The Morgan fingerprint density at radius 3 is 2.70 bits per heavy atom. The molecule has 1 unspecified atom stereocenters. The number of hydrogen-bond acceptors (Lipinski definition) is 3. The smallest absolute Gasteiger partial charge is 0.224 e. The number of aryl methyl sites for hydroxylation is 2. The van der Waals surface area contributed by atoms with Crippen LogP contribution in [0.3, 0.4) is 0 Å². The zero-order valence-corrected chi connectivity index (χ0v) is 12.3. The van der Waals surface area contributed by atoms with Crippen molar-refractivity contribution in [1.29, 1.82) is 5.26 Å². The first-order valence-corrected chi connectivity index (χ1v) is 6.90.